The zero-order chi connectivity index (χ0) is 11.7. The molecule has 0 rings (SSSR count). The van der Waals surface area contributed by atoms with Crippen LogP contribution in [0, 0.1) is 5.92 Å². The molecule has 0 aliphatic carbocycles. The first kappa shape index (κ1) is 14.9. The summed E-state index contributed by atoms with van der Waals surface area (Å²) < 4.78 is 5.13. The van der Waals surface area contributed by atoms with Gasteiger partial charge in [0.2, 0.25) is 0 Å². The fraction of sp³-hybridized carbons (Fsp3) is 1.00. The average molecular weight is 216 g/mol. The molecular weight excluding hydrogens is 188 g/mol. The maximum atomic E-state index is 5.52. The average Bonchev–Trinajstić information content (AvgIpc) is 2.18. The normalized spacial score (nSPS) is 15.6. The fourth-order valence-electron chi connectivity index (χ4n) is 1.71. The van der Waals surface area contributed by atoms with Crippen LogP contribution in [0.4, 0.5) is 0 Å². The molecule has 0 heterocycles. The molecule has 2 atom stereocenters. The number of hydrogen-bond donors (Lipinski definition) is 1. The topological polar surface area (TPSA) is 38.5 Å². The molecule has 0 aromatic carbocycles. The molecule has 2 N–H and O–H groups in total. The Morgan fingerprint density at radius 1 is 1.27 bits per heavy atom. The lowest BCUT2D eigenvalue weighted by Gasteiger charge is -2.24. The van der Waals surface area contributed by atoms with Gasteiger partial charge in [0.1, 0.15) is 0 Å². The van der Waals surface area contributed by atoms with Gasteiger partial charge < -0.3 is 15.4 Å². The van der Waals surface area contributed by atoms with Crippen molar-refractivity contribution in [2.24, 2.45) is 11.7 Å². The highest BCUT2D eigenvalue weighted by Gasteiger charge is 2.08. The minimum absolute atomic E-state index is 0.514. The van der Waals surface area contributed by atoms with Gasteiger partial charge in [0.05, 0.1) is 6.61 Å². The van der Waals surface area contributed by atoms with Crippen molar-refractivity contribution in [1.82, 2.24) is 4.90 Å². The van der Waals surface area contributed by atoms with E-state index in [2.05, 4.69) is 25.8 Å². The van der Waals surface area contributed by atoms with Crippen molar-refractivity contribution in [2.75, 3.05) is 33.9 Å². The van der Waals surface area contributed by atoms with E-state index in [-0.39, 0.29) is 0 Å². The van der Waals surface area contributed by atoms with Crippen LogP contribution in [0.3, 0.4) is 0 Å². The lowest BCUT2D eigenvalue weighted by Crippen LogP contribution is -2.33. The standard InChI is InChI=1S/C12H28N2O/c1-11(7-8-13)6-5-9-14(3)12(2)10-15-4/h11-12H,5-10,13H2,1-4H3. The van der Waals surface area contributed by atoms with Crippen LogP contribution < -0.4 is 5.73 Å². The fourth-order valence-corrected chi connectivity index (χ4v) is 1.71. The summed E-state index contributed by atoms with van der Waals surface area (Å²) in [6.45, 7) is 7.27. The summed E-state index contributed by atoms with van der Waals surface area (Å²) in [5.74, 6) is 0.765. The molecule has 0 bridgehead atoms. The van der Waals surface area contributed by atoms with Gasteiger partial charge >= 0.3 is 0 Å². The Hall–Kier alpha value is -0.120. The van der Waals surface area contributed by atoms with E-state index in [0.717, 1.165) is 32.0 Å². The Labute approximate surface area is 95.0 Å². The van der Waals surface area contributed by atoms with Gasteiger partial charge in [0, 0.05) is 13.2 Å². The molecule has 0 saturated carbocycles. The smallest absolute Gasteiger partial charge is 0.0615 e. The second kappa shape index (κ2) is 9.13. The SMILES string of the molecule is COCC(C)N(C)CCCC(C)CCN. The van der Waals surface area contributed by atoms with Crippen LogP contribution in [0.25, 0.3) is 0 Å². The molecule has 0 aliphatic heterocycles. The molecule has 0 fully saturated rings. The van der Waals surface area contributed by atoms with E-state index in [1.54, 1.807) is 7.11 Å². The van der Waals surface area contributed by atoms with Crippen molar-refractivity contribution in [3.8, 4) is 0 Å². The van der Waals surface area contributed by atoms with E-state index in [9.17, 15) is 0 Å². The molecular formula is C12H28N2O. The van der Waals surface area contributed by atoms with E-state index in [1.807, 2.05) is 0 Å². The summed E-state index contributed by atoms with van der Waals surface area (Å²) >= 11 is 0. The van der Waals surface area contributed by atoms with Crippen LogP contribution in [-0.4, -0.2) is 44.8 Å². The summed E-state index contributed by atoms with van der Waals surface area (Å²) in [7, 11) is 3.92. The van der Waals surface area contributed by atoms with Crippen LogP contribution in [-0.2, 0) is 4.74 Å². The Morgan fingerprint density at radius 2 is 1.93 bits per heavy atom. The van der Waals surface area contributed by atoms with Crippen molar-refractivity contribution in [2.45, 2.75) is 39.2 Å². The van der Waals surface area contributed by atoms with Crippen LogP contribution in [0.15, 0.2) is 0 Å². The van der Waals surface area contributed by atoms with Gasteiger partial charge in [0.15, 0.2) is 0 Å². The third kappa shape index (κ3) is 7.77. The molecule has 3 nitrogen and oxygen atoms in total. The quantitative estimate of drug-likeness (QED) is 0.638. The zero-order valence-corrected chi connectivity index (χ0v) is 10.8. The first-order chi connectivity index (χ1) is 7.11. The Balaban J connectivity index is 3.49. The highest BCUT2D eigenvalue weighted by Crippen LogP contribution is 2.10. The van der Waals surface area contributed by atoms with Gasteiger partial charge in [-0.25, -0.2) is 0 Å². The molecule has 0 aliphatic rings. The lowest BCUT2D eigenvalue weighted by molar-refractivity contribution is 0.114. The Kier molecular flexibility index (Phi) is 9.06. The summed E-state index contributed by atoms with van der Waals surface area (Å²) in [4.78, 5) is 2.36. The third-order valence-electron chi connectivity index (χ3n) is 3.03. The third-order valence-corrected chi connectivity index (χ3v) is 3.03. The predicted octanol–water partition coefficient (Wildman–Crippen LogP) is 1.72. The molecule has 3 heteroatoms. The summed E-state index contributed by atoms with van der Waals surface area (Å²) in [6.07, 6.45) is 3.68. The molecule has 0 amide bonds. The monoisotopic (exact) mass is 216 g/mol. The van der Waals surface area contributed by atoms with E-state index in [4.69, 9.17) is 10.5 Å². The second-order valence-electron chi connectivity index (χ2n) is 4.61. The van der Waals surface area contributed by atoms with Gasteiger partial charge in [-0.15, -0.1) is 0 Å². The second-order valence-corrected chi connectivity index (χ2v) is 4.61. The van der Waals surface area contributed by atoms with Gasteiger partial charge in [-0.2, -0.15) is 0 Å². The lowest BCUT2D eigenvalue weighted by atomic mass is 10.0. The van der Waals surface area contributed by atoms with Crippen LogP contribution in [0.2, 0.25) is 0 Å². The van der Waals surface area contributed by atoms with Gasteiger partial charge in [-0.3, -0.25) is 0 Å². The molecule has 0 saturated heterocycles. The van der Waals surface area contributed by atoms with E-state index < -0.39 is 0 Å². The minimum atomic E-state index is 0.514. The molecule has 2 unspecified atom stereocenters. The number of nitrogens with zero attached hydrogens (tertiary/aromatic N) is 1. The van der Waals surface area contributed by atoms with Gasteiger partial charge in [-0.1, -0.05) is 6.92 Å². The largest absolute Gasteiger partial charge is 0.383 e. The molecule has 92 valence electrons. The number of nitrogens with two attached hydrogens (primary N) is 1. The summed E-state index contributed by atoms with van der Waals surface area (Å²) in [5, 5.41) is 0. The molecule has 0 aromatic heterocycles. The number of likely N-dealkylation sites (N-methyl/N-ethyl adjacent to an activating group) is 1. The minimum Gasteiger partial charge on any atom is -0.383 e. The van der Waals surface area contributed by atoms with Crippen molar-refractivity contribution in [3.05, 3.63) is 0 Å². The first-order valence-corrected chi connectivity index (χ1v) is 6.01. The van der Waals surface area contributed by atoms with Crippen molar-refractivity contribution in [3.63, 3.8) is 0 Å². The number of hydrogen-bond acceptors (Lipinski definition) is 3. The van der Waals surface area contributed by atoms with Crippen molar-refractivity contribution < 1.29 is 4.74 Å². The molecule has 0 aromatic rings. The van der Waals surface area contributed by atoms with Gasteiger partial charge in [0.25, 0.3) is 0 Å². The Morgan fingerprint density at radius 3 is 2.47 bits per heavy atom. The number of rotatable bonds is 9. The summed E-state index contributed by atoms with van der Waals surface area (Å²) in [5.41, 5.74) is 5.52. The van der Waals surface area contributed by atoms with Crippen LogP contribution in [0.5, 0.6) is 0 Å². The first-order valence-electron chi connectivity index (χ1n) is 6.01. The number of methoxy groups -OCH3 is 1. The van der Waals surface area contributed by atoms with E-state index in [1.165, 1.54) is 12.8 Å². The van der Waals surface area contributed by atoms with Crippen LogP contribution in [0.1, 0.15) is 33.1 Å². The maximum Gasteiger partial charge on any atom is 0.0615 e. The molecule has 15 heavy (non-hydrogen) atoms. The van der Waals surface area contributed by atoms with E-state index >= 15 is 0 Å². The number of ether oxygens (including phenoxy) is 1. The highest BCUT2D eigenvalue weighted by molar-refractivity contribution is 4.63. The van der Waals surface area contributed by atoms with Gasteiger partial charge in [-0.05, 0) is 52.2 Å². The van der Waals surface area contributed by atoms with Crippen molar-refractivity contribution in [1.29, 1.82) is 0 Å². The van der Waals surface area contributed by atoms with Crippen molar-refractivity contribution >= 4 is 0 Å². The summed E-state index contributed by atoms with van der Waals surface area (Å²) in [6, 6.07) is 0.514. The zero-order valence-electron chi connectivity index (χ0n) is 10.8. The molecule has 0 spiro atoms. The maximum absolute atomic E-state index is 5.52. The predicted molar refractivity (Wildman–Crippen MR) is 66.0 cm³/mol. The van der Waals surface area contributed by atoms with E-state index in [0.29, 0.717) is 6.04 Å². The van der Waals surface area contributed by atoms with Crippen LogP contribution >= 0.6 is 0 Å². The highest BCUT2D eigenvalue weighted by atomic mass is 16.5. The Bertz CT molecular complexity index is 142. The molecule has 0 radical (unpaired) electrons.